The van der Waals surface area contributed by atoms with E-state index in [-0.39, 0.29) is 6.42 Å². The van der Waals surface area contributed by atoms with Crippen LogP contribution in [0.3, 0.4) is 0 Å². The number of ether oxygens (including phenoxy) is 1. The quantitative estimate of drug-likeness (QED) is 0.628. The second kappa shape index (κ2) is 8.74. The SMILES string of the molecule is CCCCOc1ccc(C(CC(=O)O)c2ccc(C(F)(F)F)cc2)cc1. The van der Waals surface area contributed by atoms with Crippen molar-refractivity contribution in [2.24, 2.45) is 0 Å². The summed E-state index contributed by atoms with van der Waals surface area (Å²) in [5.74, 6) is -0.860. The third-order valence-electron chi connectivity index (χ3n) is 4.07. The van der Waals surface area contributed by atoms with Gasteiger partial charge in [-0.3, -0.25) is 4.79 Å². The van der Waals surface area contributed by atoms with Crippen LogP contribution in [0, 0.1) is 0 Å². The average molecular weight is 366 g/mol. The smallest absolute Gasteiger partial charge is 0.416 e. The Labute approximate surface area is 150 Å². The van der Waals surface area contributed by atoms with Gasteiger partial charge >= 0.3 is 12.1 Å². The molecule has 2 aromatic carbocycles. The maximum absolute atomic E-state index is 12.7. The minimum atomic E-state index is -4.42. The molecule has 0 saturated heterocycles. The van der Waals surface area contributed by atoms with E-state index in [0.29, 0.717) is 17.9 Å². The molecule has 0 aliphatic carbocycles. The van der Waals surface area contributed by atoms with Gasteiger partial charge in [-0.1, -0.05) is 37.6 Å². The van der Waals surface area contributed by atoms with Gasteiger partial charge in [-0.2, -0.15) is 13.2 Å². The van der Waals surface area contributed by atoms with Gasteiger partial charge in [-0.15, -0.1) is 0 Å². The second-order valence-corrected chi connectivity index (χ2v) is 6.04. The molecule has 1 unspecified atom stereocenters. The predicted molar refractivity (Wildman–Crippen MR) is 92.4 cm³/mol. The Hall–Kier alpha value is -2.50. The van der Waals surface area contributed by atoms with Crippen molar-refractivity contribution in [3.63, 3.8) is 0 Å². The Morgan fingerprint density at radius 2 is 1.58 bits per heavy atom. The molecule has 0 aliphatic heterocycles. The molecule has 0 aliphatic rings. The van der Waals surface area contributed by atoms with Gasteiger partial charge in [-0.05, 0) is 41.8 Å². The van der Waals surface area contributed by atoms with E-state index in [1.165, 1.54) is 12.1 Å². The zero-order valence-electron chi connectivity index (χ0n) is 14.4. The summed E-state index contributed by atoms with van der Waals surface area (Å²) in [4.78, 5) is 11.2. The molecule has 140 valence electrons. The van der Waals surface area contributed by atoms with E-state index in [9.17, 15) is 23.1 Å². The fourth-order valence-electron chi connectivity index (χ4n) is 2.64. The Kier molecular flexibility index (Phi) is 6.66. The normalized spacial score (nSPS) is 12.6. The molecule has 0 amide bonds. The standard InChI is InChI=1S/C20H21F3O3/c1-2-3-12-26-17-10-6-15(7-11-17)18(13-19(24)25)14-4-8-16(9-5-14)20(21,22)23/h4-11,18H,2-3,12-13H2,1H3,(H,24,25). The van der Waals surface area contributed by atoms with Crippen molar-refractivity contribution in [2.45, 2.75) is 38.3 Å². The maximum atomic E-state index is 12.7. The zero-order valence-corrected chi connectivity index (χ0v) is 14.4. The van der Waals surface area contributed by atoms with Crippen LogP contribution in [0.5, 0.6) is 5.75 Å². The van der Waals surface area contributed by atoms with Crippen molar-refractivity contribution in [3.8, 4) is 5.75 Å². The van der Waals surface area contributed by atoms with Crippen LogP contribution in [0.1, 0.15) is 48.8 Å². The lowest BCUT2D eigenvalue weighted by Crippen LogP contribution is -2.09. The first-order valence-corrected chi connectivity index (χ1v) is 8.43. The van der Waals surface area contributed by atoms with Gasteiger partial charge in [0, 0.05) is 5.92 Å². The van der Waals surface area contributed by atoms with Crippen LogP contribution in [0.2, 0.25) is 0 Å². The Bertz CT molecular complexity index is 707. The molecule has 0 radical (unpaired) electrons. The first-order valence-electron chi connectivity index (χ1n) is 8.43. The van der Waals surface area contributed by atoms with Gasteiger partial charge in [0.2, 0.25) is 0 Å². The minimum absolute atomic E-state index is 0.207. The lowest BCUT2D eigenvalue weighted by atomic mass is 9.88. The molecule has 0 saturated carbocycles. The third kappa shape index (κ3) is 5.51. The summed E-state index contributed by atoms with van der Waals surface area (Å²) in [6, 6.07) is 11.6. The largest absolute Gasteiger partial charge is 0.494 e. The molecule has 3 nitrogen and oxygen atoms in total. The van der Waals surface area contributed by atoms with Crippen LogP contribution in [0.25, 0.3) is 0 Å². The average Bonchev–Trinajstić information content (AvgIpc) is 2.60. The van der Waals surface area contributed by atoms with Crippen LogP contribution in [0.4, 0.5) is 13.2 Å². The summed E-state index contributed by atoms with van der Waals surface area (Å²) >= 11 is 0. The number of halogens is 3. The summed E-state index contributed by atoms with van der Waals surface area (Å²) in [6.07, 6.45) is -2.67. The highest BCUT2D eigenvalue weighted by Gasteiger charge is 2.30. The number of hydrogen-bond acceptors (Lipinski definition) is 2. The number of benzene rings is 2. The second-order valence-electron chi connectivity index (χ2n) is 6.04. The minimum Gasteiger partial charge on any atom is -0.494 e. The van der Waals surface area contributed by atoms with E-state index in [4.69, 9.17) is 4.74 Å². The van der Waals surface area contributed by atoms with Gasteiger partial charge in [0.1, 0.15) is 5.75 Å². The molecule has 0 fully saturated rings. The van der Waals surface area contributed by atoms with Crippen molar-refractivity contribution < 1.29 is 27.8 Å². The van der Waals surface area contributed by atoms with Gasteiger partial charge in [0.15, 0.2) is 0 Å². The fraction of sp³-hybridized carbons (Fsp3) is 0.350. The van der Waals surface area contributed by atoms with Crippen molar-refractivity contribution in [2.75, 3.05) is 6.61 Å². The molecule has 26 heavy (non-hydrogen) atoms. The van der Waals surface area contributed by atoms with Crippen molar-refractivity contribution in [1.29, 1.82) is 0 Å². The van der Waals surface area contributed by atoms with E-state index in [0.717, 1.165) is 30.5 Å². The highest BCUT2D eigenvalue weighted by molar-refractivity contribution is 5.69. The molecular formula is C20H21F3O3. The number of carboxylic acids is 1. The van der Waals surface area contributed by atoms with Gasteiger partial charge in [-0.25, -0.2) is 0 Å². The first kappa shape index (κ1) is 19.8. The van der Waals surface area contributed by atoms with Gasteiger partial charge in [0.25, 0.3) is 0 Å². The number of carbonyl (C=O) groups is 1. The number of aliphatic carboxylic acids is 1. The lowest BCUT2D eigenvalue weighted by molar-refractivity contribution is -0.138. The summed E-state index contributed by atoms with van der Waals surface area (Å²) in [5.41, 5.74) is 0.491. The topological polar surface area (TPSA) is 46.5 Å². The molecule has 1 N–H and O–H groups in total. The Morgan fingerprint density at radius 3 is 2.04 bits per heavy atom. The number of hydrogen-bond donors (Lipinski definition) is 1. The summed E-state index contributed by atoms with van der Waals surface area (Å²) in [6.45, 7) is 2.67. The monoisotopic (exact) mass is 366 g/mol. The molecule has 2 aromatic rings. The van der Waals surface area contributed by atoms with Crippen molar-refractivity contribution in [3.05, 3.63) is 65.2 Å². The maximum Gasteiger partial charge on any atom is 0.416 e. The molecule has 0 heterocycles. The number of unbranched alkanes of at least 4 members (excludes halogenated alkanes) is 1. The summed E-state index contributed by atoms with van der Waals surface area (Å²) in [7, 11) is 0. The first-order chi connectivity index (χ1) is 12.3. The van der Waals surface area contributed by atoms with Crippen LogP contribution >= 0.6 is 0 Å². The van der Waals surface area contributed by atoms with Crippen molar-refractivity contribution in [1.82, 2.24) is 0 Å². The molecule has 6 heteroatoms. The van der Waals surface area contributed by atoms with E-state index in [1.54, 1.807) is 24.3 Å². The number of alkyl halides is 3. The predicted octanol–water partition coefficient (Wildman–Crippen LogP) is 5.49. The van der Waals surface area contributed by atoms with E-state index < -0.39 is 23.6 Å². The van der Waals surface area contributed by atoms with Crippen LogP contribution in [0.15, 0.2) is 48.5 Å². The van der Waals surface area contributed by atoms with Crippen LogP contribution in [-0.2, 0) is 11.0 Å². The van der Waals surface area contributed by atoms with Crippen LogP contribution in [-0.4, -0.2) is 17.7 Å². The fourth-order valence-corrected chi connectivity index (χ4v) is 2.64. The highest BCUT2D eigenvalue weighted by Crippen LogP contribution is 2.33. The number of rotatable bonds is 8. The number of carboxylic acid groups (broad SMARTS) is 1. The molecule has 1 atom stereocenters. The van der Waals surface area contributed by atoms with E-state index >= 15 is 0 Å². The van der Waals surface area contributed by atoms with Gasteiger partial charge in [0.05, 0.1) is 18.6 Å². The summed E-state index contributed by atoms with van der Waals surface area (Å²) < 4.78 is 43.7. The molecule has 0 spiro atoms. The highest BCUT2D eigenvalue weighted by atomic mass is 19.4. The Balaban J connectivity index is 2.23. The third-order valence-corrected chi connectivity index (χ3v) is 4.07. The Morgan fingerprint density at radius 1 is 1.04 bits per heavy atom. The molecule has 0 aromatic heterocycles. The molecule has 0 bridgehead atoms. The van der Waals surface area contributed by atoms with Crippen LogP contribution < -0.4 is 4.74 Å². The van der Waals surface area contributed by atoms with E-state index in [1.807, 2.05) is 0 Å². The van der Waals surface area contributed by atoms with Gasteiger partial charge < -0.3 is 9.84 Å². The lowest BCUT2D eigenvalue weighted by Gasteiger charge is -2.17. The summed E-state index contributed by atoms with van der Waals surface area (Å²) in [5, 5.41) is 9.18. The van der Waals surface area contributed by atoms with E-state index in [2.05, 4.69) is 6.92 Å². The molecule has 2 rings (SSSR count). The molecular weight excluding hydrogens is 345 g/mol. The van der Waals surface area contributed by atoms with Crippen molar-refractivity contribution >= 4 is 5.97 Å². The zero-order chi connectivity index (χ0) is 19.2.